The number of pyridine rings is 2. The van der Waals surface area contributed by atoms with E-state index in [0.717, 1.165) is 5.52 Å². The largest absolute Gasteiger partial charge is 0.345 e. The Kier molecular flexibility index (Phi) is 3.53. The molecule has 0 fully saturated rings. The van der Waals surface area contributed by atoms with E-state index in [2.05, 4.69) is 15.3 Å². The van der Waals surface area contributed by atoms with Crippen LogP contribution in [0, 0.1) is 5.82 Å². The number of aromatic nitrogens is 3. The molecule has 0 spiro atoms. The molecule has 4 aromatic rings. The van der Waals surface area contributed by atoms with Crippen LogP contribution in [0.2, 0.25) is 0 Å². The second kappa shape index (κ2) is 5.86. The monoisotopic (exact) mass is 336 g/mol. The lowest BCUT2D eigenvalue weighted by Crippen LogP contribution is -2.29. The van der Waals surface area contributed by atoms with Crippen molar-refractivity contribution >= 4 is 22.3 Å². The summed E-state index contributed by atoms with van der Waals surface area (Å²) in [5.41, 5.74) is 0.668. The van der Waals surface area contributed by atoms with E-state index in [0.29, 0.717) is 16.7 Å². The van der Waals surface area contributed by atoms with E-state index in [1.807, 2.05) is 28.8 Å². The van der Waals surface area contributed by atoms with Crippen molar-refractivity contribution in [2.75, 3.05) is 0 Å². The lowest BCUT2D eigenvalue weighted by Gasteiger charge is -2.06. The molecule has 3 heterocycles. The second-order valence-electron chi connectivity index (χ2n) is 5.60. The molecule has 0 bridgehead atoms. The fourth-order valence-corrected chi connectivity index (χ4v) is 2.73. The number of fused-ring (bicyclic) bond motifs is 2. The number of imidazole rings is 1. The predicted octanol–water partition coefficient (Wildman–Crippen LogP) is 2.24. The third-order valence-corrected chi connectivity index (χ3v) is 3.98. The maximum absolute atomic E-state index is 13.2. The van der Waals surface area contributed by atoms with Crippen LogP contribution in [0.5, 0.6) is 0 Å². The van der Waals surface area contributed by atoms with E-state index >= 15 is 0 Å². The van der Waals surface area contributed by atoms with Crippen molar-refractivity contribution in [3.63, 3.8) is 0 Å². The van der Waals surface area contributed by atoms with Crippen LogP contribution in [0.15, 0.2) is 59.7 Å². The van der Waals surface area contributed by atoms with Gasteiger partial charge in [0, 0.05) is 6.20 Å². The zero-order chi connectivity index (χ0) is 17.4. The molecule has 0 aliphatic rings. The average molecular weight is 336 g/mol. The molecule has 0 aliphatic heterocycles. The highest BCUT2D eigenvalue weighted by Gasteiger charge is 2.13. The molecule has 0 atom stereocenters. The Balaban J connectivity index is 1.60. The molecule has 6 nitrogen and oxygen atoms in total. The lowest BCUT2D eigenvalue weighted by molar-refractivity contribution is 0.0948. The summed E-state index contributed by atoms with van der Waals surface area (Å²) >= 11 is 0. The highest BCUT2D eigenvalue weighted by atomic mass is 19.1. The Bertz CT molecular complexity index is 1160. The second-order valence-corrected chi connectivity index (χ2v) is 5.60. The maximum Gasteiger partial charge on any atom is 0.261 e. The number of amides is 1. The molecule has 0 saturated heterocycles. The van der Waals surface area contributed by atoms with E-state index in [1.54, 1.807) is 6.20 Å². The average Bonchev–Trinajstić information content (AvgIpc) is 3.02. The molecular formula is C18H13FN4O2. The van der Waals surface area contributed by atoms with E-state index < -0.39 is 17.3 Å². The third kappa shape index (κ3) is 2.76. The Morgan fingerprint density at radius 2 is 2.12 bits per heavy atom. The van der Waals surface area contributed by atoms with Gasteiger partial charge in [0.2, 0.25) is 0 Å². The number of rotatable bonds is 3. The van der Waals surface area contributed by atoms with Gasteiger partial charge in [-0.05, 0) is 41.8 Å². The molecule has 4 rings (SSSR count). The quantitative estimate of drug-likeness (QED) is 0.602. The Labute approximate surface area is 140 Å². The molecule has 0 saturated carbocycles. The minimum absolute atomic E-state index is 0.0278. The van der Waals surface area contributed by atoms with Crippen molar-refractivity contribution in [1.82, 2.24) is 19.7 Å². The Morgan fingerprint density at radius 3 is 3.00 bits per heavy atom. The highest BCUT2D eigenvalue weighted by molar-refractivity contribution is 5.97. The zero-order valence-electron chi connectivity index (χ0n) is 13.0. The van der Waals surface area contributed by atoms with Crippen LogP contribution in [-0.4, -0.2) is 20.3 Å². The van der Waals surface area contributed by atoms with Crippen molar-refractivity contribution in [2.45, 2.75) is 6.54 Å². The summed E-state index contributed by atoms with van der Waals surface area (Å²) < 4.78 is 15.1. The van der Waals surface area contributed by atoms with Crippen LogP contribution in [0.4, 0.5) is 4.39 Å². The Morgan fingerprint density at radius 1 is 1.24 bits per heavy atom. The summed E-state index contributed by atoms with van der Waals surface area (Å²) in [5.74, 6) is -0.310. The van der Waals surface area contributed by atoms with Crippen molar-refractivity contribution in [1.29, 1.82) is 0 Å². The summed E-state index contributed by atoms with van der Waals surface area (Å²) in [6.45, 7) is 0.178. The molecule has 1 amide bonds. The van der Waals surface area contributed by atoms with Crippen LogP contribution in [0.25, 0.3) is 16.4 Å². The van der Waals surface area contributed by atoms with Crippen LogP contribution >= 0.6 is 0 Å². The SMILES string of the molecule is O=C(NCc1ncc2ccccn12)c1cc2ccc(F)cc2[nH]c1=O. The minimum Gasteiger partial charge on any atom is -0.345 e. The van der Waals surface area contributed by atoms with Crippen LogP contribution in [0.3, 0.4) is 0 Å². The number of carbonyl (C=O) groups excluding carboxylic acids is 1. The van der Waals surface area contributed by atoms with E-state index in [1.165, 1.54) is 24.3 Å². The standard InChI is InChI=1S/C18H13FN4O2/c19-12-5-4-11-7-14(18(25)22-15(11)8-12)17(24)21-10-16-20-9-13-3-1-2-6-23(13)16/h1-9H,10H2,(H,21,24)(H,22,25). The number of hydrogen-bond donors (Lipinski definition) is 2. The predicted molar refractivity (Wildman–Crippen MR) is 90.9 cm³/mol. The van der Waals surface area contributed by atoms with Gasteiger partial charge in [0.05, 0.1) is 23.8 Å². The normalized spacial score (nSPS) is 11.1. The molecular weight excluding hydrogens is 323 g/mol. The summed E-state index contributed by atoms with van der Waals surface area (Å²) in [6, 6.07) is 11.1. The zero-order valence-corrected chi connectivity index (χ0v) is 13.0. The molecule has 25 heavy (non-hydrogen) atoms. The van der Waals surface area contributed by atoms with Gasteiger partial charge in [-0.2, -0.15) is 0 Å². The molecule has 0 aliphatic carbocycles. The first-order valence-corrected chi connectivity index (χ1v) is 7.63. The van der Waals surface area contributed by atoms with Gasteiger partial charge in [0.15, 0.2) is 0 Å². The number of carbonyl (C=O) groups is 1. The molecule has 124 valence electrons. The molecule has 1 aromatic carbocycles. The summed E-state index contributed by atoms with van der Waals surface area (Å²) in [7, 11) is 0. The third-order valence-electron chi connectivity index (χ3n) is 3.98. The number of halogens is 1. The van der Waals surface area contributed by atoms with Crippen molar-refractivity contribution in [2.24, 2.45) is 0 Å². The van der Waals surface area contributed by atoms with Crippen LogP contribution in [0.1, 0.15) is 16.2 Å². The molecule has 0 radical (unpaired) electrons. The molecule has 0 unspecified atom stereocenters. The number of benzene rings is 1. The van der Waals surface area contributed by atoms with Gasteiger partial charge in [0.25, 0.3) is 11.5 Å². The van der Waals surface area contributed by atoms with Gasteiger partial charge in [-0.15, -0.1) is 0 Å². The molecule has 7 heteroatoms. The Hall–Kier alpha value is -3.48. The molecule has 2 N–H and O–H groups in total. The fourth-order valence-electron chi connectivity index (χ4n) is 2.73. The van der Waals surface area contributed by atoms with Gasteiger partial charge in [0.1, 0.15) is 17.2 Å². The fraction of sp³-hybridized carbons (Fsp3) is 0.0556. The van der Waals surface area contributed by atoms with Crippen molar-refractivity contribution < 1.29 is 9.18 Å². The number of aromatic amines is 1. The van der Waals surface area contributed by atoms with Crippen LogP contribution in [-0.2, 0) is 6.54 Å². The summed E-state index contributed by atoms with van der Waals surface area (Å²) in [6.07, 6.45) is 3.56. The first-order chi connectivity index (χ1) is 12.1. The topological polar surface area (TPSA) is 79.3 Å². The van der Waals surface area contributed by atoms with E-state index in [9.17, 15) is 14.0 Å². The minimum atomic E-state index is -0.566. The van der Waals surface area contributed by atoms with Gasteiger partial charge in [-0.1, -0.05) is 6.07 Å². The first-order valence-electron chi connectivity index (χ1n) is 7.63. The summed E-state index contributed by atoms with van der Waals surface area (Å²) in [4.78, 5) is 31.3. The van der Waals surface area contributed by atoms with Gasteiger partial charge >= 0.3 is 0 Å². The highest BCUT2D eigenvalue weighted by Crippen LogP contribution is 2.13. The smallest absolute Gasteiger partial charge is 0.261 e. The van der Waals surface area contributed by atoms with Gasteiger partial charge < -0.3 is 14.7 Å². The van der Waals surface area contributed by atoms with Crippen LogP contribution < -0.4 is 10.9 Å². The first kappa shape index (κ1) is 15.1. The number of nitrogens with one attached hydrogen (secondary N) is 2. The number of H-pyrrole nitrogens is 1. The summed E-state index contributed by atoms with van der Waals surface area (Å²) in [5, 5.41) is 3.28. The van der Waals surface area contributed by atoms with Crippen molar-refractivity contribution in [3.05, 3.63) is 82.4 Å². The molecule has 3 aromatic heterocycles. The number of nitrogens with zero attached hydrogens (tertiary/aromatic N) is 2. The van der Waals surface area contributed by atoms with E-state index in [-0.39, 0.29) is 12.1 Å². The maximum atomic E-state index is 13.2. The van der Waals surface area contributed by atoms with Gasteiger partial charge in [-0.25, -0.2) is 9.37 Å². The van der Waals surface area contributed by atoms with E-state index in [4.69, 9.17) is 0 Å². The van der Waals surface area contributed by atoms with Gasteiger partial charge in [-0.3, -0.25) is 9.59 Å². The number of hydrogen-bond acceptors (Lipinski definition) is 3. The lowest BCUT2D eigenvalue weighted by atomic mass is 10.1. The van der Waals surface area contributed by atoms with Crippen molar-refractivity contribution in [3.8, 4) is 0 Å².